The predicted octanol–water partition coefficient (Wildman–Crippen LogP) is 4.59. The van der Waals surface area contributed by atoms with Crippen LogP contribution in [-0.2, 0) is 14.2 Å². The van der Waals surface area contributed by atoms with Gasteiger partial charge in [-0.25, -0.2) is 0 Å². The fourth-order valence-electron chi connectivity index (χ4n) is 3.35. The van der Waals surface area contributed by atoms with Crippen molar-refractivity contribution in [3.63, 3.8) is 0 Å². The number of rotatable bonds is 8. The molecule has 2 saturated heterocycles. The van der Waals surface area contributed by atoms with E-state index in [-0.39, 0.29) is 0 Å². The van der Waals surface area contributed by atoms with Gasteiger partial charge in [-0.2, -0.15) is 74.6 Å². The molecular formula is C16H13F17O5. The summed E-state index contributed by atoms with van der Waals surface area (Å²) in [5.41, 5.74) is 0. The highest BCUT2D eigenvalue weighted by Crippen LogP contribution is 2.64. The van der Waals surface area contributed by atoms with E-state index in [1.165, 1.54) is 0 Å². The van der Waals surface area contributed by atoms with Crippen molar-refractivity contribution in [1.82, 2.24) is 0 Å². The van der Waals surface area contributed by atoms with E-state index in [4.69, 9.17) is 9.47 Å². The summed E-state index contributed by atoms with van der Waals surface area (Å²) in [6, 6.07) is 0. The van der Waals surface area contributed by atoms with Crippen molar-refractivity contribution in [1.29, 1.82) is 0 Å². The first-order chi connectivity index (χ1) is 16.4. The van der Waals surface area contributed by atoms with Crippen molar-refractivity contribution >= 4 is 0 Å². The summed E-state index contributed by atoms with van der Waals surface area (Å²) < 4.78 is 241. The Hall–Kier alpha value is -1.39. The van der Waals surface area contributed by atoms with Crippen LogP contribution in [0.5, 0.6) is 0 Å². The smallest absolute Gasteiger partial charge is 0.387 e. The van der Waals surface area contributed by atoms with Gasteiger partial charge in [0.1, 0.15) is 18.3 Å². The summed E-state index contributed by atoms with van der Waals surface area (Å²) in [4.78, 5) is 0. The number of aliphatic hydroxyl groups excluding tert-OH is 2. The molecule has 0 bridgehead atoms. The third-order valence-electron chi connectivity index (χ3n) is 5.48. The van der Waals surface area contributed by atoms with E-state index in [2.05, 4.69) is 4.74 Å². The minimum atomic E-state index is -8.79. The van der Waals surface area contributed by atoms with Crippen LogP contribution in [-0.4, -0.2) is 94.3 Å². The molecule has 2 aliphatic rings. The second-order valence-corrected chi connectivity index (χ2v) is 8.57. The summed E-state index contributed by atoms with van der Waals surface area (Å²) in [5.74, 6) is -60.0. The normalized spacial score (nSPS) is 29.0. The largest absolute Gasteiger partial charge is 0.460 e. The maximum Gasteiger partial charge on any atom is 0.460 e. The maximum absolute atomic E-state index is 14.2. The molecule has 2 aliphatic heterocycles. The zero-order chi connectivity index (χ0) is 30.5. The fourth-order valence-corrected chi connectivity index (χ4v) is 3.35. The van der Waals surface area contributed by atoms with Crippen molar-refractivity contribution in [3.05, 3.63) is 0 Å². The van der Waals surface area contributed by atoms with Crippen LogP contribution < -0.4 is 0 Å². The third-order valence-corrected chi connectivity index (χ3v) is 5.48. The van der Waals surface area contributed by atoms with Gasteiger partial charge < -0.3 is 24.4 Å². The number of alkyl halides is 17. The van der Waals surface area contributed by atoms with E-state index in [9.17, 15) is 84.9 Å². The molecule has 22 heteroatoms. The Morgan fingerprint density at radius 1 is 0.605 bits per heavy atom. The van der Waals surface area contributed by atoms with Gasteiger partial charge in [-0.15, -0.1) is 0 Å². The molecule has 0 radical (unpaired) electrons. The summed E-state index contributed by atoms with van der Waals surface area (Å²) in [6.07, 6.45) is -22.3. The van der Waals surface area contributed by atoms with Gasteiger partial charge in [0.15, 0.2) is 18.2 Å². The van der Waals surface area contributed by atoms with Gasteiger partial charge in [0, 0.05) is 0 Å². The zero-order valence-electron chi connectivity index (χ0n) is 17.9. The lowest BCUT2D eigenvalue weighted by molar-refractivity contribution is -0.465. The number of fused-ring (bicyclic) bond motifs is 1. The first-order valence-electron chi connectivity index (χ1n) is 9.45. The molecule has 2 heterocycles. The highest BCUT2D eigenvalue weighted by molar-refractivity contribution is 5.17. The predicted molar refractivity (Wildman–Crippen MR) is 81.4 cm³/mol. The van der Waals surface area contributed by atoms with Crippen molar-refractivity contribution in [2.75, 3.05) is 0 Å². The molecule has 0 aromatic heterocycles. The summed E-state index contributed by atoms with van der Waals surface area (Å²) >= 11 is 0. The molecule has 0 aromatic rings. The molecule has 0 aliphatic carbocycles. The van der Waals surface area contributed by atoms with Gasteiger partial charge in [0.25, 0.3) is 0 Å². The van der Waals surface area contributed by atoms with Crippen LogP contribution >= 0.6 is 0 Å². The van der Waals surface area contributed by atoms with Gasteiger partial charge >= 0.3 is 47.6 Å². The van der Waals surface area contributed by atoms with Crippen LogP contribution in [0.15, 0.2) is 0 Å². The molecule has 0 aromatic carbocycles. The molecule has 2 fully saturated rings. The lowest BCUT2D eigenvalue weighted by Gasteiger charge is -2.44. The van der Waals surface area contributed by atoms with Crippen LogP contribution in [0.4, 0.5) is 74.6 Å². The molecular weight excluding hydrogens is 595 g/mol. The monoisotopic (exact) mass is 608 g/mol. The minimum Gasteiger partial charge on any atom is -0.387 e. The number of aliphatic hydroxyl groups is 2. The van der Waals surface area contributed by atoms with E-state index in [0.29, 0.717) is 0 Å². The van der Waals surface area contributed by atoms with Crippen LogP contribution in [0.25, 0.3) is 0 Å². The molecule has 5 nitrogen and oxygen atoms in total. The number of hydrogen-bond donors (Lipinski definition) is 2. The molecule has 5 atom stereocenters. The highest BCUT2D eigenvalue weighted by atomic mass is 19.4. The maximum atomic E-state index is 14.2. The number of hydrogen-bond acceptors (Lipinski definition) is 5. The Morgan fingerprint density at radius 3 is 1.34 bits per heavy atom. The molecule has 0 unspecified atom stereocenters. The molecule has 0 saturated carbocycles. The SMILES string of the molecule is CC1(C)O[C@H]2O[C@H]([C@@H](O)C(F)(F)C(F)(F)C(F)(F)C(F)(F)C(F)(F)C(F)(F)C(F)(F)C(F)(F)F)[C@H](O)[C@H]2O1. The van der Waals surface area contributed by atoms with E-state index in [1.807, 2.05) is 0 Å². The topological polar surface area (TPSA) is 68.2 Å². The average Bonchev–Trinajstić information content (AvgIpc) is 3.17. The number of ether oxygens (including phenoxy) is 3. The molecule has 0 spiro atoms. The second-order valence-electron chi connectivity index (χ2n) is 8.57. The van der Waals surface area contributed by atoms with Crippen LogP contribution in [0.3, 0.4) is 0 Å². The van der Waals surface area contributed by atoms with E-state index in [1.54, 1.807) is 0 Å². The van der Waals surface area contributed by atoms with Gasteiger partial charge in [0.2, 0.25) is 0 Å². The third kappa shape index (κ3) is 4.10. The first-order valence-corrected chi connectivity index (χ1v) is 9.45. The van der Waals surface area contributed by atoms with Crippen molar-refractivity contribution < 1.29 is 99.1 Å². The van der Waals surface area contributed by atoms with E-state index in [0.717, 1.165) is 13.8 Å². The van der Waals surface area contributed by atoms with Crippen LogP contribution in [0.2, 0.25) is 0 Å². The Labute approximate surface area is 198 Å². The molecule has 226 valence electrons. The molecule has 38 heavy (non-hydrogen) atoms. The Bertz CT molecular complexity index is 901. The van der Waals surface area contributed by atoms with Crippen molar-refractivity contribution in [2.45, 2.75) is 98.0 Å². The molecule has 0 amide bonds. The highest BCUT2D eigenvalue weighted by Gasteiger charge is 2.95. The summed E-state index contributed by atoms with van der Waals surface area (Å²) in [7, 11) is 0. The van der Waals surface area contributed by atoms with Gasteiger partial charge in [-0.3, -0.25) is 0 Å². The van der Waals surface area contributed by atoms with Crippen molar-refractivity contribution in [2.24, 2.45) is 0 Å². The average molecular weight is 608 g/mol. The quantitative estimate of drug-likeness (QED) is 0.395. The number of halogens is 17. The Kier molecular flexibility index (Phi) is 7.39. The fraction of sp³-hybridized carbons (Fsp3) is 1.00. The van der Waals surface area contributed by atoms with Gasteiger partial charge in [0.05, 0.1) is 0 Å². The summed E-state index contributed by atoms with van der Waals surface area (Å²) in [6.45, 7) is 2.22. The lowest BCUT2D eigenvalue weighted by atomic mass is 9.86. The Balaban J connectivity index is 2.49. The summed E-state index contributed by atoms with van der Waals surface area (Å²) in [5, 5.41) is 19.3. The second kappa shape index (κ2) is 8.56. The van der Waals surface area contributed by atoms with Crippen molar-refractivity contribution in [3.8, 4) is 0 Å². The van der Waals surface area contributed by atoms with E-state index < -0.39 is 84.1 Å². The van der Waals surface area contributed by atoms with Gasteiger partial charge in [-0.05, 0) is 13.8 Å². The zero-order valence-corrected chi connectivity index (χ0v) is 17.9. The lowest BCUT2D eigenvalue weighted by Crippen LogP contribution is -2.75. The van der Waals surface area contributed by atoms with Crippen LogP contribution in [0.1, 0.15) is 13.8 Å². The standard InChI is InChI=1S/C16H13F17O5/c1-8(2)37-5-3(34)4(36-7(5)38-8)6(35)9(17,18)10(19,20)11(21,22)12(23,24)13(25,26)14(27,28)15(29,30)16(31,32)33/h3-7,34-35H,1-2H3/t3-,4-,5+,6+,7+/m0/s1. The molecule has 2 rings (SSSR count). The van der Waals surface area contributed by atoms with E-state index >= 15 is 0 Å². The van der Waals surface area contributed by atoms with Gasteiger partial charge in [-0.1, -0.05) is 0 Å². The minimum absolute atomic E-state index is 1.11. The molecule has 2 N–H and O–H groups in total. The van der Waals surface area contributed by atoms with Crippen LogP contribution in [0, 0.1) is 0 Å². The first kappa shape index (κ1) is 32.8. The Morgan fingerprint density at radius 2 is 0.974 bits per heavy atom.